The molecule has 102 valence electrons. The van der Waals surface area contributed by atoms with E-state index in [-0.39, 0.29) is 0 Å². The Balaban J connectivity index is 1.99. The maximum Gasteiger partial charge on any atom is 0.335 e. The van der Waals surface area contributed by atoms with Gasteiger partial charge < -0.3 is 9.84 Å². The van der Waals surface area contributed by atoms with Crippen molar-refractivity contribution in [3.8, 4) is 16.9 Å². The fourth-order valence-electron chi connectivity index (χ4n) is 2.30. The highest BCUT2D eigenvalue weighted by Crippen LogP contribution is 2.31. The molecule has 2 aromatic carbocycles. The van der Waals surface area contributed by atoms with E-state index in [1.54, 1.807) is 12.1 Å². The average molecular weight is 268 g/mol. The van der Waals surface area contributed by atoms with E-state index in [1.165, 1.54) is 0 Å². The summed E-state index contributed by atoms with van der Waals surface area (Å²) in [5, 5.41) is 9.19. The Morgan fingerprint density at radius 1 is 1.20 bits per heavy atom. The van der Waals surface area contributed by atoms with E-state index >= 15 is 0 Å². The Hall–Kier alpha value is -2.29. The average Bonchev–Trinajstić information content (AvgIpc) is 3.23. The summed E-state index contributed by atoms with van der Waals surface area (Å²) in [6, 6.07) is 13.2. The summed E-state index contributed by atoms with van der Waals surface area (Å²) < 4.78 is 5.79. The molecule has 20 heavy (non-hydrogen) atoms. The Morgan fingerprint density at radius 3 is 2.65 bits per heavy atom. The van der Waals surface area contributed by atoms with Gasteiger partial charge in [-0.15, -0.1) is 0 Å². The lowest BCUT2D eigenvalue weighted by Crippen LogP contribution is -2.01. The first kappa shape index (κ1) is 12.7. The maximum absolute atomic E-state index is 11.2. The third-order valence-corrected chi connectivity index (χ3v) is 3.54. The second kappa shape index (κ2) is 5.00. The van der Waals surface area contributed by atoms with Crippen molar-refractivity contribution < 1.29 is 14.6 Å². The summed E-state index contributed by atoms with van der Waals surface area (Å²) in [5.41, 5.74) is 3.05. The quantitative estimate of drug-likeness (QED) is 0.914. The van der Waals surface area contributed by atoms with Gasteiger partial charge in [0.1, 0.15) is 5.75 Å². The van der Waals surface area contributed by atoms with E-state index in [0.717, 1.165) is 35.3 Å². The summed E-state index contributed by atoms with van der Waals surface area (Å²) in [4.78, 5) is 11.2. The highest BCUT2D eigenvalue weighted by molar-refractivity contribution is 5.92. The Labute approximate surface area is 117 Å². The molecule has 0 unspecified atom stereocenters. The molecule has 1 fully saturated rings. The summed E-state index contributed by atoms with van der Waals surface area (Å²) >= 11 is 0. The Kier molecular flexibility index (Phi) is 3.18. The van der Waals surface area contributed by atoms with Crippen LogP contribution in [0.2, 0.25) is 0 Å². The molecule has 1 N–H and O–H groups in total. The predicted molar refractivity (Wildman–Crippen MR) is 77.2 cm³/mol. The van der Waals surface area contributed by atoms with Gasteiger partial charge in [0.2, 0.25) is 0 Å². The maximum atomic E-state index is 11.2. The first-order valence-electron chi connectivity index (χ1n) is 6.75. The lowest BCUT2D eigenvalue weighted by molar-refractivity contribution is 0.0696. The number of carboxylic acids is 1. The number of hydrogen-bond acceptors (Lipinski definition) is 2. The van der Waals surface area contributed by atoms with Crippen LogP contribution in [0.3, 0.4) is 0 Å². The fraction of sp³-hybridized carbons (Fsp3) is 0.235. The fourth-order valence-corrected chi connectivity index (χ4v) is 2.30. The van der Waals surface area contributed by atoms with Crippen LogP contribution < -0.4 is 4.74 Å². The van der Waals surface area contributed by atoms with Gasteiger partial charge in [-0.1, -0.05) is 24.3 Å². The van der Waals surface area contributed by atoms with Crippen LogP contribution in [0.25, 0.3) is 11.1 Å². The molecule has 0 heterocycles. The normalized spacial score (nSPS) is 14.1. The van der Waals surface area contributed by atoms with Gasteiger partial charge in [-0.25, -0.2) is 4.79 Å². The van der Waals surface area contributed by atoms with Crippen LogP contribution in [-0.4, -0.2) is 17.2 Å². The number of hydrogen-bond donors (Lipinski definition) is 1. The summed E-state index contributed by atoms with van der Waals surface area (Å²) in [6.07, 6.45) is 2.60. The molecule has 3 nitrogen and oxygen atoms in total. The third kappa shape index (κ3) is 2.52. The third-order valence-electron chi connectivity index (χ3n) is 3.54. The summed E-state index contributed by atoms with van der Waals surface area (Å²) in [6.45, 7) is 1.84. The minimum atomic E-state index is -0.894. The Morgan fingerprint density at radius 2 is 1.95 bits per heavy atom. The van der Waals surface area contributed by atoms with Crippen molar-refractivity contribution in [2.24, 2.45) is 0 Å². The van der Waals surface area contributed by atoms with Crippen LogP contribution in [0.5, 0.6) is 5.75 Å². The van der Waals surface area contributed by atoms with Gasteiger partial charge in [-0.3, -0.25) is 0 Å². The van der Waals surface area contributed by atoms with E-state index in [0.29, 0.717) is 11.7 Å². The van der Waals surface area contributed by atoms with Crippen molar-refractivity contribution in [3.05, 3.63) is 53.6 Å². The van der Waals surface area contributed by atoms with Crippen molar-refractivity contribution in [3.63, 3.8) is 0 Å². The van der Waals surface area contributed by atoms with Crippen molar-refractivity contribution in [2.75, 3.05) is 0 Å². The number of carboxylic acid groups (broad SMARTS) is 1. The molecule has 0 atom stereocenters. The molecule has 3 heteroatoms. The highest BCUT2D eigenvalue weighted by atomic mass is 16.5. The molecule has 1 saturated carbocycles. The van der Waals surface area contributed by atoms with Gasteiger partial charge >= 0.3 is 5.97 Å². The predicted octanol–water partition coefficient (Wildman–Crippen LogP) is 3.90. The molecule has 1 aliphatic carbocycles. The number of carbonyl (C=O) groups is 1. The minimum Gasteiger partial charge on any atom is -0.490 e. The van der Waals surface area contributed by atoms with Crippen molar-refractivity contribution >= 4 is 5.97 Å². The van der Waals surface area contributed by atoms with E-state index in [4.69, 9.17) is 4.74 Å². The number of ether oxygens (including phenoxy) is 1. The molecule has 1 aliphatic rings. The van der Waals surface area contributed by atoms with Gasteiger partial charge in [-0.2, -0.15) is 0 Å². The molecule has 0 radical (unpaired) electrons. The van der Waals surface area contributed by atoms with E-state index in [2.05, 4.69) is 0 Å². The lowest BCUT2D eigenvalue weighted by atomic mass is 9.96. The number of benzene rings is 2. The molecule has 0 spiro atoms. The number of rotatable bonds is 4. The van der Waals surface area contributed by atoms with Crippen molar-refractivity contribution in [1.29, 1.82) is 0 Å². The first-order valence-corrected chi connectivity index (χ1v) is 6.75. The zero-order chi connectivity index (χ0) is 14.1. The van der Waals surface area contributed by atoms with E-state index < -0.39 is 5.97 Å². The van der Waals surface area contributed by atoms with E-state index in [9.17, 15) is 9.90 Å². The molecular weight excluding hydrogens is 252 g/mol. The van der Waals surface area contributed by atoms with Gasteiger partial charge in [-0.05, 0) is 54.7 Å². The van der Waals surface area contributed by atoms with Crippen LogP contribution in [0.15, 0.2) is 42.5 Å². The lowest BCUT2D eigenvalue weighted by Gasteiger charge is -2.11. The zero-order valence-corrected chi connectivity index (χ0v) is 11.3. The number of aromatic carboxylic acids is 1. The van der Waals surface area contributed by atoms with Gasteiger partial charge in [0.15, 0.2) is 0 Å². The molecule has 0 saturated heterocycles. The highest BCUT2D eigenvalue weighted by Gasteiger charge is 2.23. The molecule has 2 aromatic rings. The monoisotopic (exact) mass is 268 g/mol. The van der Waals surface area contributed by atoms with Gasteiger partial charge in [0.25, 0.3) is 0 Å². The molecule has 0 bridgehead atoms. The molecular formula is C17H16O3. The van der Waals surface area contributed by atoms with Gasteiger partial charge in [0, 0.05) is 0 Å². The SMILES string of the molecule is Cc1c(C(=O)O)cccc1-c1cccc(OC2CC2)c1. The standard InChI is InChI=1S/C17H16O3/c1-11-15(6-3-7-16(11)17(18)19)12-4-2-5-14(10-12)20-13-8-9-13/h2-7,10,13H,8-9H2,1H3,(H,18,19). The Bertz CT molecular complexity index is 657. The first-order chi connectivity index (χ1) is 9.65. The second-order valence-electron chi connectivity index (χ2n) is 5.13. The van der Waals surface area contributed by atoms with Crippen LogP contribution in [0, 0.1) is 6.92 Å². The second-order valence-corrected chi connectivity index (χ2v) is 5.13. The van der Waals surface area contributed by atoms with E-state index in [1.807, 2.05) is 37.3 Å². The van der Waals surface area contributed by atoms with Crippen LogP contribution in [-0.2, 0) is 0 Å². The topological polar surface area (TPSA) is 46.5 Å². The molecule has 0 amide bonds. The van der Waals surface area contributed by atoms with Crippen LogP contribution in [0.1, 0.15) is 28.8 Å². The summed E-state index contributed by atoms with van der Waals surface area (Å²) in [5.74, 6) is -0.0418. The van der Waals surface area contributed by atoms with Gasteiger partial charge in [0.05, 0.1) is 11.7 Å². The minimum absolute atomic E-state index is 0.344. The van der Waals surface area contributed by atoms with Crippen molar-refractivity contribution in [1.82, 2.24) is 0 Å². The van der Waals surface area contributed by atoms with Crippen LogP contribution >= 0.6 is 0 Å². The van der Waals surface area contributed by atoms with Crippen molar-refractivity contribution in [2.45, 2.75) is 25.9 Å². The molecule has 0 aromatic heterocycles. The molecule has 3 rings (SSSR count). The zero-order valence-electron chi connectivity index (χ0n) is 11.3. The van der Waals surface area contributed by atoms with Crippen LogP contribution in [0.4, 0.5) is 0 Å². The largest absolute Gasteiger partial charge is 0.490 e. The smallest absolute Gasteiger partial charge is 0.335 e. The molecule has 0 aliphatic heterocycles. The summed E-state index contributed by atoms with van der Waals surface area (Å²) in [7, 11) is 0.